The molecule has 4 nitrogen and oxygen atoms in total. The number of fused-ring (bicyclic) bond motifs is 1. The van der Waals surface area contributed by atoms with E-state index in [0.29, 0.717) is 5.78 Å². The van der Waals surface area contributed by atoms with Crippen LogP contribution >= 0.6 is 0 Å². The highest BCUT2D eigenvalue weighted by Gasteiger charge is 2.30. The van der Waals surface area contributed by atoms with Crippen molar-refractivity contribution in [2.45, 2.75) is 12.8 Å². The van der Waals surface area contributed by atoms with Crippen molar-refractivity contribution in [1.82, 2.24) is 4.90 Å². The topological polar surface area (TPSA) is 32.8 Å². The van der Waals surface area contributed by atoms with Gasteiger partial charge in [-0.05, 0) is 30.5 Å². The minimum Gasteiger partial charge on any atom is -0.495 e. The average Bonchev–Trinajstić information content (AvgIpc) is 2.71. The van der Waals surface area contributed by atoms with Crippen LogP contribution in [0.25, 0.3) is 0 Å². The molecule has 1 atom stereocenters. The van der Waals surface area contributed by atoms with Crippen molar-refractivity contribution in [2.24, 2.45) is 5.92 Å². The van der Waals surface area contributed by atoms with Crippen LogP contribution in [0.1, 0.15) is 22.3 Å². The molecular weight excluding hydrogens is 324 g/mol. The van der Waals surface area contributed by atoms with Gasteiger partial charge in [0, 0.05) is 44.2 Å². The maximum atomic E-state index is 12.8. The van der Waals surface area contributed by atoms with Crippen molar-refractivity contribution >= 4 is 11.5 Å². The van der Waals surface area contributed by atoms with Crippen LogP contribution in [-0.2, 0) is 6.42 Å². The number of methoxy groups -OCH3 is 1. The number of Topliss-reactive ketones (excluding diaryl/α,β-unsaturated/α-hetero) is 1. The Balaban J connectivity index is 1.37. The molecular formula is C22H26N2O2. The fourth-order valence-corrected chi connectivity index (χ4v) is 4.21. The standard InChI is InChI=1S/C22H26N2O2/c1-26-21-9-5-4-8-20(21)24-14-12-23(13-15-24)16-18-11-10-17-6-2-3-7-19(17)22(18)25/h2-9,18H,10-16H2,1H3. The lowest BCUT2D eigenvalue weighted by Crippen LogP contribution is -2.49. The smallest absolute Gasteiger partial charge is 0.167 e. The van der Waals surface area contributed by atoms with Gasteiger partial charge >= 0.3 is 0 Å². The molecule has 0 aromatic heterocycles. The number of anilines is 1. The Morgan fingerprint density at radius 1 is 1.00 bits per heavy atom. The lowest BCUT2D eigenvalue weighted by atomic mass is 9.82. The summed E-state index contributed by atoms with van der Waals surface area (Å²) in [6.07, 6.45) is 2.00. The normalized spacial score (nSPS) is 20.7. The molecule has 1 heterocycles. The number of carbonyl (C=O) groups excluding carboxylic acids is 1. The van der Waals surface area contributed by atoms with Gasteiger partial charge in [-0.3, -0.25) is 9.69 Å². The second-order valence-corrected chi connectivity index (χ2v) is 7.22. The molecule has 2 aliphatic rings. The number of benzene rings is 2. The predicted molar refractivity (Wildman–Crippen MR) is 104 cm³/mol. The Morgan fingerprint density at radius 3 is 2.54 bits per heavy atom. The maximum Gasteiger partial charge on any atom is 0.167 e. The summed E-state index contributed by atoms with van der Waals surface area (Å²) in [4.78, 5) is 17.6. The number of rotatable bonds is 4. The first-order valence-electron chi connectivity index (χ1n) is 9.48. The second-order valence-electron chi connectivity index (χ2n) is 7.22. The quantitative estimate of drug-likeness (QED) is 0.847. The van der Waals surface area contributed by atoms with Gasteiger partial charge in [0.25, 0.3) is 0 Å². The van der Waals surface area contributed by atoms with Crippen LogP contribution in [0.2, 0.25) is 0 Å². The number of hydrogen-bond donors (Lipinski definition) is 0. The van der Waals surface area contributed by atoms with Crippen LogP contribution in [-0.4, -0.2) is 50.5 Å². The molecule has 136 valence electrons. The third kappa shape index (κ3) is 3.34. The fraction of sp³-hybridized carbons (Fsp3) is 0.409. The number of nitrogens with zero attached hydrogens (tertiary/aromatic N) is 2. The molecule has 26 heavy (non-hydrogen) atoms. The molecule has 1 fully saturated rings. The molecule has 2 aromatic rings. The largest absolute Gasteiger partial charge is 0.495 e. The number of ketones is 1. The van der Waals surface area contributed by atoms with Crippen LogP contribution in [0.15, 0.2) is 48.5 Å². The van der Waals surface area contributed by atoms with Gasteiger partial charge in [-0.15, -0.1) is 0 Å². The zero-order chi connectivity index (χ0) is 17.9. The van der Waals surface area contributed by atoms with Gasteiger partial charge in [-0.1, -0.05) is 36.4 Å². The second kappa shape index (κ2) is 7.50. The molecule has 1 aliphatic carbocycles. The van der Waals surface area contributed by atoms with Crippen molar-refractivity contribution < 1.29 is 9.53 Å². The van der Waals surface area contributed by atoms with Crippen molar-refractivity contribution in [2.75, 3.05) is 44.7 Å². The van der Waals surface area contributed by atoms with Gasteiger partial charge in [-0.25, -0.2) is 0 Å². The van der Waals surface area contributed by atoms with Crippen LogP contribution in [0.3, 0.4) is 0 Å². The summed E-state index contributed by atoms with van der Waals surface area (Å²) < 4.78 is 5.49. The summed E-state index contributed by atoms with van der Waals surface area (Å²) in [5.74, 6) is 1.40. The Bertz CT molecular complexity index is 781. The van der Waals surface area contributed by atoms with E-state index in [9.17, 15) is 4.79 Å². The maximum absolute atomic E-state index is 12.8. The Kier molecular flexibility index (Phi) is 4.93. The highest BCUT2D eigenvalue weighted by molar-refractivity contribution is 6.00. The third-order valence-electron chi connectivity index (χ3n) is 5.69. The van der Waals surface area contributed by atoms with Crippen molar-refractivity contribution in [3.05, 3.63) is 59.7 Å². The van der Waals surface area contributed by atoms with E-state index in [1.54, 1.807) is 7.11 Å². The highest BCUT2D eigenvalue weighted by atomic mass is 16.5. The molecule has 0 amide bonds. The van der Waals surface area contributed by atoms with Crippen LogP contribution < -0.4 is 9.64 Å². The van der Waals surface area contributed by atoms with Crippen molar-refractivity contribution in [1.29, 1.82) is 0 Å². The van der Waals surface area contributed by atoms with E-state index in [-0.39, 0.29) is 5.92 Å². The van der Waals surface area contributed by atoms with E-state index in [4.69, 9.17) is 4.74 Å². The highest BCUT2D eigenvalue weighted by Crippen LogP contribution is 2.29. The summed E-state index contributed by atoms with van der Waals surface area (Å²) in [7, 11) is 1.72. The number of carbonyl (C=O) groups is 1. The van der Waals surface area contributed by atoms with Crippen LogP contribution in [0.5, 0.6) is 5.75 Å². The first kappa shape index (κ1) is 17.1. The van der Waals surface area contributed by atoms with Crippen molar-refractivity contribution in [3.63, 3.8) is 0 Å². The van der Waals surface area contributed by atoms with E-state index in [1.807, 2.05) is 30.3 Å². The zero-order valence-electron chi connectivity index (χ0n) is 15.4. The van der Waals surface area contributed by atoms with E-state index in [2.05, 4.69) is 28.0 Å². The minimum atomic E-state index is 0.141. The molecule has 0 spiro atoms. The number of para-hydroxylation sites is 2. The van der Waals surface area contributed by atoms with E-state index >= 15 is 0 Å². The summed E-state index contributed by atoms with van der Waals surface area (Å²) in [6.45, 7) is 4.80. The molecule has 1 aliphatic heterocycles. The molecule has 0 bridgehead atoms. The van der Waals surface area contributed by atoms with Gasteiger partial charge in [-0.2, -0.15) is 0 Å². The predicted octanol–water partition coefficient (Wildman–Crippen LogP) is 3.26. The molecule has 1 unspecified atom stereocenters. The van der Waals surface area contributed by atoms with E-state index in [0.717, 1.165) is 62.6 Å². The number of piperazine rings is 1. The number of aryl methyl sites for hydroxylation is 1. The van der Waals surface area contributed by atoms with Crippen LogP contribution in [0, 0.1) is 5.92 Å². The molecule has 4 heteroatoms. The summed E-state index contributed by atoms with van der Waals surface area (Å²) in [5.41, 5.74) is 3.32. The van der Waals surface area contributed by atoms with Gasteiger partial charge < -0.3 is 9.64 Å². The summed E-state index contributed by atoms with van der Waals surface area (Å²) in [5, 5.41) is 0. The lowest BCUT2D eigenvalue weighted by molar-refractivity contribution is 0.0854. The molecule has 0 saturated carbocycles. The minimum absolute atomic E-state index is 0.141. The van der Waals surface area contributed by atoms with Gasteiger partial charge in [0.1, 0.15) is 5.75 Å². The Morgan fingerprint density at radius 2 is 1.73 bits per heavy atom. The number of hydrogen-bond acceptors (Lipinski definition) is 4. The Labute approximate surface area is 155 Å². The molecule has 1 saturated heterocycles. The van der Waals surface area contributed by atoms with Gasteiger partial charge in [0.15, 0.2) is 5.78 Å². The summed E-state index contributed by atoms with van der Waals surface area (Å²) in [6, 6.07) is 16.3. The van der Waals surface area contributed by atoms with E-state index in [1.165, 1.54) is 5.56 Å². The lowest BCUT2D eigenvalue weighted by Gasteiger charge is -2.38. The molecule has 0 radical (unpaired) electrons. The first-order valence-corrected chi connectivity index (χ1v) is 9.48. The van der Waals surface area contributed by atoms with Gasteiger partial charge in [0.05, 0.1) is 12.8 Å². The molecule has 2 aromatic carbocycles. The number of ether oxygens (including phenoxy) is 1. The zero-order valence-corrected chi connectivity index (χ0v) is 15.4. The van der Waals surface area contributed by atoms with Crippen molar-refractivity contribution in [3.8, 4) is 5.75 Å². The third-order valence-corrected chi connectivity index (χ3v) is 5.69. The first-order chi connectivity index (χ1) is 12.8. The molecule has 4 rings (SSSR count). The molecule has 0 N–H and O–H groups in total. The van der Waals surface area contributed by atoms with Gasteiger partial charge in [0.2, 0.25) is 0 Å². The monoisotopic (exact) mass is 350 g/mol. The van der Waals surface area contributed by atoms with Crippen LogP contribution in [0.4, 0.5) is 5.69 Å². The fourth-order valence-electron chi connectivity index (χ4n) is 4.21. The summed E-state index contributed by atoms with van der Waals surface area (Å²) >= 11 is 0. The average molecular weight is 350 g/mol. The SMILES string of the molecule is COc1ccccc1N1CCN(CC2CCc3ccccc3C2=O)CC1. The Hall–Kier alpha value is -2.33. The van der Waals surface area contributed by atoms with E-state index < -0.39 is 0 Å².